The zero-order valence-electron chi connectivity index (χ0n) is 9.42. The van der Waals surface area contributed by atoms with E-state index < -0.39 is 0 Å². The van der Waals surface area contributed by atoms with Crippen LogP contribution in [0.25, 0.3) is 0 Å². The van der Waals surface area contributed by atoms with Crippen LogP contribution in [0.3, 0.4) is 0 Å². The Kier molecular flexibility index (Phi) is 4.51. The molecule has 2 N–H and O–H groups in total. The third kappa shape index (κ3) is 3.26. The third-order valence-corrected chi connectivity index (χ3v) is 3.31. The van der Waals surface area contributed by atoms with Gasteiger partial charge in [-0.2, -0.15) is 0 Å². The third-order valence-electron chi connectivity index (χ3n) is 2.75. The van der Waals surface area contributed by atoms with Gasteiger partial charge in [-0.1, -0.05) is 23.2 Å². The van der Waals surface area contributed by atoms with Gasteiger partial charge < -0.3 is 15.2 Å². The van der Waals surface area contributed by atoms with Crippen molar-refractivity contribution in [3.8, 4) is 5.75 Å². The molecule has 0 unspecified atom stereocenters. The second-order valence-electron chi connectivity index (χ2n) is 4.02. The molecule has 1 fully saturated rings. The number of hydrogen-bond donors (Lipinski definition) is 1. The quantitative estimate of drug-likeness (QED) is 0.923. The first kappa shape index (κ1) is 13.0. The standard InChI is InChI=1S/C12H15Cl2NO2/c13-10-5-8(7-15)6-11(14)12(10)17-9-1-3-16-4-2-9/h5-6,9H,1-4,7,15H2. The van der Waals surface area contributed by atoms with Crippen molar-refractivity contribution in [1.29, 1.82) is 0 Å². The van der Waals surface area contributed by atoms with Gasteiger partial charge >= 0.3 is 0 Å². The first-order chi connectivity index (χ1) is 8.20. The van der Waals surface area contributed by atoms with E-state index in [4.69, 9.17) is 38.4 Å². The Morgan fingerprint density at radius 1 is 1.24 bits per heavy atom. The molecule has 94 valence electrons. The molecule has 1 aliphatic heterocycles. The Morgan fingerprint density at radius 3 is 2.35 bits per heavy atom. The zero-order chi connectivity index (χ0) is 12.3. The van der Waals surface area contributed by atoms with Gasteiger partial charge in [0.05, 0.1) is 23.3 Å². The average molecular weight is 276 g/mol. The van der Waals surface area contributed by atoms with Gasteiger partial charge in [0, 0.05) is 19.4 Å². The number of benzene rings is 1. The number of rotatable bonds is 3. The summed E-state index contributed by atoms with van der Waals surface area (Å²) in [6.45, 7) is 1.86. The normalized spacial score (nSPS) is 17.1. The Labute approximate surface area is 111 Å². The summed E-state index contributed by atoms with van der Waals surface area (Å²) in [5.41, 5.74) is 6.45. The van der Waals surface area contributed by atoms with Gasteiger partial charge in [-0.05, 0) is 17.7 Å². The highest BCUT2D eigenvalue weighted by Gasteiger charge is 2.18. The molecule has 1 aromatic rings. The zero-order valence-corrected chi connectivity index (χ0v) is 10.9. The van der Waals surface area contributed by atoms with E-state index in [-0.39, 0.29) is 6.10 Å². The summed E-state index contributed by atoms with van der Waals surface area (Å²) in [5.74, 6) is 0.553. The largest absolute Gasteiger partial charge is 0.487 e. The molecule has 1 aliphatic rings. The van der Waals surface area contributed by atoms with Crippen LogP contribution in [0.1, 0.15) is 18.4 Å². The fourth-order valence-electron chi connectivity index (χ4n) is 1.80. The van der Waals surface area contributed by atoms with Crippen LogP contribution in [0, 0.1) is 0 Å². The molecule has 0 atom stereocenters. The van der Waals surface area contributed by atoms with Crippen LogP contribution >= 0.6 is 23.2 Å². The van der Waals surface area contributed by atoms with Gasteiger partial charge in [-0.15, -0.1) is 0 Å². The predicted octanol–water partition coefficient (Wildman–Crippen LogP) is 3.01. The Balaban J connectivity index is 2.14. The summed E-state index contributed by atoms with van der Waals surface area (Å²) in [6.07, 6.45) is 1.86. The lowest BCUT2D eigenvalue weighted by Gasteiger charge is -2.24. The number of ether oxygens (including phenoxy) is 2. The molecular weight excluding hydrogens is 261 g/mol. The number of hydrogen-bond acceptors (Lipinski definition) is 3. The van der Waals surface area contributed by atoms with Gasteiger partial charge in [-0.25, -0.2) is 0 Å². The summed E-state index contributed by atoms with van der Waals surface area (Å²) in [6, 6.07) is 3.59. The Hall–Kier alpha value is -0.480. The molecule has 0 radical (unpaired) electrons. The molecule has 1 aromatic carbocycles. The molecule has 0 saturated carbocycles. The molecule has 17 heavy (non-hydrogen) atoms. The first-order valence-corrected chi connectivity index (χ1v) is 6.38. The molecule has 5 heteroatoms. The van der Waals surface area contributed by atoms with Crippen molar-refractivity contribution in [1.82, 2.24) is 0 Å². The topological polar surface area (TPSA) is 44.5 Å². The lowest BCUT2D eigenvalue weighted by Crippen LogP contribution is -2.26. The minimum Gasteiger partial charge on any atom is -0.487 e. The van der Waals surface area contributed by atoms with Crippen molar-refractivity contribution >= 4 is 23.2 Å². The van der Waals surface area contributed by atoms with E-state index in [9.17, 15) is 0 Å². The Bertz CT molecular complexity index is 369. The van der Waals surface area contributed by atoms with Gasteiger partial charge in [0.2, 0.25) is 0 Å². The van der Waals surface area contributed by atoms with E-state index >= 15 is 0 Å². The van der Waals surface area contributed by atoms with E-state index in [2.05, 4.69) is 0 Å². The summed E-state index contributed by atoms with van der Waals surface area (Å²) in [4.78, 5) is 0. The highest BCUT2D eigenvalue weighted by molar-refractivity contribution is 6.37. The maximum atomic E-state index is 6.14. The summed E-state index contributed by atoms with van der Waals surface area (Å²) < 4.78 is 11.1. The minimum atomic E-state index is 0.127. The highest BCUT2D eigenvalue weighted by atomic mass is 35.5. The second kappa shape index (κ2) is 5.91. The molecule has 2 rings (SSSR count). The van der Waals surface area contributed by atoms with E-state index in [1.54, 1.807) is 12.1 Å². The van der Waals surface area contributed by atoms with Crippen molar-refractivity contribution < 1.29 is 9.47 Å². The smallest absolute Gasteiger partial charge is 0.156 e. The van der Waals surface area contributed by atoms with E-state index in [0.29, 0.717) is 22.3 Å². The van der Waals surface area contributed by atoms with Gasteiger partial charge in [0.1, 0.15) is 6.10 Å². The molecule has 0 spiro atoms. The fourth-order valence-corrected chi connectivity index (χ4v) is 2.42. The van der Waals surface area contributed by atoms with Crippen LogP contribution in [0.5, 0.6) is 5.75 Å². The van der Waals surface area contributed by atoms with Crippen LogP contribution < -0.4 is 10.5 Å². The van der Waals surface area contributed by atoms with Crippen LogP contribution in [0.15, 0.2) is 12.1 Å². The molecule has 0 bridgehead atoms. The second-order valence-corrected chi connectivity index (χ2v) is 4.84. The van der Waals surface area contributed by atoms with Crippen LogP contribution in [-0.4, -0.2) is 19.3 Å². The van der Waals surface area contributed by atoms with Crippen LogP contribution in [0.4, 0.5) is 0 Å². The van der Waals surface area contributed by atoms with Crippen molar-refractivity contribution in [2.45, 2.75) is 25.5 Å². The molecule has 3 nitrogen and oxygen atoms in total. The molecule has 0 amide bonds. The van der Waals surface area contributed by atoms with Gasteiger partial charge in [-0.3, -0.25) is 0 Å². The maximum Gasteiger partial charge on any atom is 0.156 e. The van der Waals surface area contributed by atoms with E-state index in [1.165, 1.54) is 0 Å². The van der Waals surface area contributed by atoms with E-state index in [0.717, 1.165) is 31.6 Å². The molecular formula is C12H15Cl2NO2. The first-order valence-electron chi connectivity index (χ1n) is 5.63. The van der Waals surface area contributed by atoms with Gasteiger partial charge in [0.15, 0.2) is 5.75 Å². The Morgan fingerprint density at radius 2 is 1.82 bits per heavy atom. The van der Waals surface area contributed by atoms with Crippen molar-refractivity contribution in [3.63, 3.8) is 0 Å². The summed E-state index contributed by atoms with van der Waals surface area (Å²) in [5, 5.41) is 1.04. The lowest BCUT2D eigenvalue weighted by atomic mass is 10.1. The monoisotopic (exact) mass is 275 g/mol. The van der Waals surface area contributed by atoms with Crippen molar-refractivity contribution in [2.24, 2.45) is 5.73 Å². The SMILES string of the molecule is NCc1cc(Cl)c(OC2CCOCC2)c(Cl)c1. The predicted molar refractivity (Wildman–Crippen MR) is 68.8 cm³/mol. The molecule has 1 heterocycles. The fraction of sp³-hybridized carbons (Fsp3) is 0.500. The lowest BCUT2D eigenvalue weighted by molar-refractivity contribution is 0.0256. The molecule has 1 saturated heterocycles. The number of halogens is 2. The van der Waals surface area contributed by atoms with E-state index in [1.807, 2.05) is 0 Å². The van der Waals surface area contributed by atoms with Crippen LogP contribution in [-0.2, 0) is 11.3 Å². The maximum absolute atomic E-state index is 6.14. The molecule has 0 aliphatic carbocycles. The molecule has 0 aromatic heterocycles. The van der Waals surface area contributed by atoms with Crippen LogP contribution in [0.2, 0.25) is 10.0 Å². The summed E-state index contributed by atoms with van der Waals surface area (Å²) in [7, 11) is 0. The minimum absolute atomic E-state index is 0.127. The van der Waals surface area contributed by atoms with Gasteiger partial charge in [0.25, 0.3) is 0 Å². The highest BCUT2D eigenvalue weighted by Crippen LogP contribution is 2.35. The van der Waals surface area contributed by atoms with Crippen molar-refractivity contribution in [3.05, 3.63) is 27.7 Å². The van der Waals surface area contributed by atoms with Crippen molar-refractivity contribution in [2.75, 3.05) is 13.2 Å². The summed E-state index contributed by atoms with van der Waals surface area (Å²) >= 11 is 12.3. The average Bonchev–Trinajstić information content (AvgIpc) is 2.35. The number of nitrogens with two attached hydrogens (primary N) is 1.